The highest BCUT2D eigenvalue weighted by molar-refractivity contribution is 6.36. The number of morpholine rings is 1. The highest BCUT2D eigenvalue weighted by Crippen LogP contribution is 2.31. The van der Waals surface area contributed by atoms with Crippen LogP contribution >= 0.6 is 35.6 Å². The van der Waals surface area contributed by atoms with E-state index in [4.69, 9.17) is 37.8 Å². The molecule has 5 nitrogen and oxygen atoms in total. The molecule has 0 aromatic heterocycles. The number of carbonyl (C=O) groups is 1. The SMILES string of the molecule is CC(C)c1cc(Cl)c(COc2ccc(C3CN(CCC(=O)O)CCO3)cc2)c(Cl)c1.Cl. The number of halogens is 3. The molecule has 1 unspecified atom stereocenters. The third-order valence-electron chi connectivity index (χ3n) is 5.26. The smallest absolute Gasteiger partial charge is 0.304 e. The van der Waals surface area contributed by atoms with E-state index in [0.29, 0.717) is 35.7 Å². The maximum absolute atomic E-state index is 10.8. The molecule has 1 fully saturated rings. The van der Waals surface area contributed by atoms with Crippen LogP contribution in [0.15, 0.2) is 36.4 Å². The average Bonchev–Trinajstić information content (AvgIpc) is 2.72. The van der Waals surface area contributed by atoms with E-state index in [-0.39, 0.29) is 31.5 Å². The van der Waals surface area contributed by atoms with Crippen LogP contribution in [-0.4, -0.2) is 42.2 Å². The second-order valence-corrected chi connectivity index (χ2v) is 8.59. The van der Waals surface area contributed by atoms with Gasteiger partial charge in [0.15, 0.2) is 0 Å². The Morgan fingerprint density at radius 1 is 1.23 bits per heavy atom. The second-order valence-electron chi connectivity index (χ2n) is 7.78. The van der Waals surface area contributed by atoms with Crippen molar-refractivity contribution < 1.29 is 19.4 Å². The predicted octanol–water partition coefficient (Wildman–Crippen LogP) is 5.97. The molecule has 3 rings (SSSR count). The average molecular weight is 489 g/mol. The Balaban J connectivity index is 0.00000341. The summed E-state index contributed by atoms with van der Waals surface area (Å²) >= 11 is 12.8. The molecule has 0 bridgehead atoms. The van der Waals surface area contributed by atoms with Crippen molar-refractivity contribution in [2.75, 3.05) is 26.2 Å². The van der Waals surface area contributed by atoms with E-state index in [1.54, 1.807) is 0 Å². The van der Waals surface area contributed by atoms with E-state index < -0.39 is 5.97 Å². The van der Waals surface area contributed by atoms with Crippen LogP contribution in [-0.2, 0) is 16.1 Å². The Morgan fingerprint density at radius 3 is 2.45 bits per heavy atom. The van der Waals surface area contributed by atoms with Crippen LogP contribution in [0.3, 0.4) is 0 Å². The molecule has 1 aliphatic heterocycles. The molecule has 0 radical (unpaired) electrons. The van der Waals surface area contributed by atoms with Gasteiger partial charge in [0.25, 0.3) is 0 Å². The highest BCUT2D eigenvalue weighted by atomic mass is 35.5. The summed E-state index contributed by atoms with van der Waals surface area (Å²) in [6, 6.07) is 11.6. The number of hydrogen-bond donors (Lipinski definition) is 1. The molecular formula is C23H28Cl3NO4. The van der Waals surface area contributed by atoms with Gasteiger partial charge in [-0.1, -0.05) is 49.2 Å². The summed E-state index contributed by atoms with van der Waals surface area (Å²) in [6.07, 6.45) is 0.0667. The molecule has 2 aromatic rings. The number of rotatable bonds is 8. The summed E-state index contributed by atoms with van der Waals surface area (Å²) in [6.45, 7) is 7.04. The van der Waals surface area contributed by atoms with Crippen molar-refractivity contribution in [3.63, 3.8) is 0 Å². The van der Waals surface area contributed by atoms with Crippen LogP contribution in [0.5, 0.6) is 5.75 Å². The first-order valence-corrected chi connectivity index (χ1v) is 10.9. The molecule has 0 saturated carbocycles. The Labute approximate surface area is 199 Å². The molecule has 31 heavy (non-hydrogen) atoms. The summed E-state index contributed by atoms with van der Waals surface area (Å²) in [5.41, 5.74) is 2.92. The first-order chi connectivity index (χ1) is 14.3. The highest BCUT2D eigenvalue weighted by Gasteiger charge is 2.22. The van der Waals surface area contributed by atoms with Gasteiger partial charge in [0.1, 0.15) is 12.4 Å². The quantitative estimate of drug-likeness (QED) is 0.496. The van der Waals surface area contributed by atoms with Gasteiger partial charge in [0, 0.05) is 35.2 Å². The lowest BCUT2D eigenvalue weighted by molar-refractivity contribution is -0.137. The predicted molar refractivity (Wildman–Crippen MR) is 126 cm³/mol. The van der Waals surface area contributed by atoms with Crippen LogP contribution < -0.4 is 4.74 Å². The van der Waals surface area contributed by atoms with E-state index in [1.165, 1.54) is 0 Å². The molecule has 2 aromatic carbocycles. The number of nitrogens with zero attached hydrogens (tertiary/aromatic N) is 1. The van der Waals surface area contributed by atoms with Crippen LogP contribution in [0.2, 0.25) is 10.0 Å². The molecule has 0 spiro atoms. The third-order valence-corrected chi connectivity index (χ3v) is 5.93. The number of aliphatic carboxylic acids is 1. The van der Waals surface area contributed by atoms with E-state index in [0.717, 1.165) is 29.0 Å². The maximum atomic E-state index is 10.8. The third kappa shape index (κ3) is 7.26. The largest absolute Gasteiger partial charge is 0.489 e. The Bertz CT molecular complexity index is 851. The zero-order valence-electron chi connectivity index (χ0n) is 17.6. The summed E-state index contributed by atoms with van der Waals surface area (Å²) in [7, 11) is 0. The fourth-order valence-corrected chi connectivity index (χ4v) is 4.00. The van der Waals surface area contributed by atoms with Gasteiger partial charge in [-0.05, 0) is 41.3 Å². The Hall–Kier alpha value is -1.50. The molecule has 1 aliphatic rings. The fourth-order valence-electron chi connectivity index (χ4n) is 3.39. The van der Waals surface area contributed by atoms with Crippen molar-refractivity contribution in [1.82, 2.24) is 4.90 Å². The summed E-state index contributed by atoms with van der Waals surface area (Å²) < 4.78 is 11.8. The molecular weight excluding hydrogens is 461 g/mol. The number of carboxylic acid groups (broad SMARTS) is 1. The van der Waals surface area contributed by atoms with Gasteiger partial charge in [-0.25, -0.2) is 0 Å². The van der Waals surface area contributed by atoms with Gasteiger partial charge < -0.3 is 14.6 Å². The molecule has 170 valence electrons. The number of ether oxygens (including phenoxy) is 2. The minimum Gasteiger partial charge on any atom is -0.489 e. The number of carboxylic acids is 1. The maximum Gasteiger partial charge on any atom is 0.304 e. The zero-order chi connectivity index (χ0) is 21.7. The zero-order valence-corrected chi connectivity index (χ0v) is 20.0. The van der Waals surface area contributed by atoms with E-state index in [9.17, 15) is 4.79 Å². The van der Waals surface area contributed by atoms with Crippen LogP contribution in [0.1, 0.15) is 49.0 Å². The van der Waals surface area contributed by atoms with Crippen molar-refractivity contribution >= 4 is 41.6 Å². The van der Waals surface area contributed by atoms with Crippen LogP contribution in [0.25, 0.3) is 0 Å². The van der Waals surface area contributed by atoms with Crippen molar-refractivity contribution in [2.45, 2.75) is 38.9 Å². The van der Waals surface area contributed by atoms with Crippen molar-refractivity contribution in [3.8, 4) is 5.75 Å². The summed E-state index contributed by atoms with van der Waals surface area (Å²) in [5, 5.41) is 10.1. The summed E-state index contributed by atoms with van der Waals surface area (Å²) in [4.78, 5) is 12.9. The fraction of sp³-hybridized carbons (Fsp3) is 0.435. The standard InChI is InChI=1S/C23H27Cl2NO4.ClH/c1-15(2)17-11-20(24)19(21(25)12-17)14-30-18-5-3-16(4-6-18)22-13-26(9-10-29-22)8-7-23(27)28;/h3-6,11-12,15,22H,7-10,13-14H2,1-2H3,(H,27,28);1H. The monoisotopic (exact) mass is 487 g/mol. The molecule has 1 N–H and O–H groups in total. The molecule has 0 aliphatic carbocycles. The lowest BCUT2D eigenvalue weighted by Gasteiger charge is -2.32. The molecule has 1 saturated heterocycles. The Kier molecular flexibility index (Phi) is 9.91. The first kappa shape index (κ1) is 25.8. The minimum absolute atomic E-state index is 0. The second kappa shape index (κ2) is 11.9. The van der Waals surface area contributed by atoms with E-state index in [1.807, 2.05) is 36.4 Å². The van der Waals surface area contributed by atoms with Crippen molar-refractivity contribution in [3.05, 3.63) is 63.1 Å². The molecule has 1 atom stereocenters. The van der Waals surface area contributed by atoms with Gasteiger partial charge in [-0.2, -0.15) is 0 Å². The molecule has 0 amide bonds. The first-order valence-electron chi connectivity index (χ1n) is 10.1. The number of benzene rings is 2. The van der Waals surface area contributed by atoms with Gasteiger partial charge >= 0.3 is 5.97 Å². The van der Waals surface area contributed by atoms with Crippen LogP contribution in [0.4, 0.5) is 0 Å². The van der Waals surface area contributed by atoms with Gasteiger partial charge in [0.2, 0.25) is 0 Å². The van der Waals surface area contributed by atoms with Crippen molar-refractivity contribution in [1.29, 1.82) is 0 Å². The molecule has 1 heterocycles. The van der Waals surface area contributed by atoms with Gasteiger partial charge in [-0.3, -0.25) is 9.69 Å². The van der Waals surface area contributed by atoms with Gasteiger partial charge in [0.05, 0.1) is 19.1 Å². The lowest BCUT2D eigenvalue weighted by Crippen LogP contribution is -2.39. The van der Waals surface area contributed by atoms with Crippen molar-refractivity contribution in [2.24, 2.45) is 0 Å². The minimum atomic E-state index is -0.779. The lowest BCUT2D eigenvalue weighted by atomic mass is 10.0. The molecule has 8 heteroatoms. The van der Waals surface area contributed by atoms with Gasteiger partial charge in [-0.15, -0.1) is 12.4 Å². The Morgan fingerprint density at radius 2 is 1.87 bits per heavy atom. The summed E-state index contributed by atoms with van der Waals surface area (Å²) in [5.74, 6) is 0.292. The topological polar surface area (TPSA) is 59.0 Å². The van der Waals surface area contributed by atoms with E-state index >= 15 is 0 Å². The van der Waals surface area contributed by atoms with E-state index in [2.05, 4.69) is 18.7 Å². The number of hydrogen-bond acceptors (Lipinski definition) is 4. The normalized spacial score (nSPS) is 16.7. The van der Waals surface area contributed by atoms with Crippen LogP contribution in [0, 0.1) is 0 Å².